The highest BCUT2D eigenvalue weighted by Crippen LogP contribution is 2.37. The number of hydrogen-bond donors (Lipinski definition) is 2. The summed E-state index contributed by atoms with van der Waals surface area (Å²) in [6.07, 6.45) is 1.45. The summed E-state index contributed by atoms with van der Waals surface area (Å²) in [5.74, 6) is 0. The molecular formula is C22H14Cl3N5O3. The van der Waals surface area contributed by atoms with Gasteiger partial charge in [0, 0.05) is 28.4 Å². The molecule has 0 unspecified atom stereocenters. The minimum atomic E-state index is -0.611. The number of nitrogens with zero attached hydrogens (tertiary/aromatic N) is 3. The largest absolute Gasteiger partial charge is 0.323 e. The second kappa shape index (κ2) is 9.50. The molecule has 0 bridgehead atoms. The first-order chi connectivity index (χ1) is 15.8. The maximum Gasteiger partial charge on any atom is 0.323 e. The molecule has 0 saturated carbocycles. The van der Waals surface area contributed by atoms with Crippen LogP contribution in [0, 0.1) is 10.1 Å². The Bertz CT molecular complexity index is 1340. The molecule has 2 amide bonds. The molecule has 0 radical (unpaired) electrons. The number of amides is 2. The summed E-state index contributed by atoms with van der Waals surface area (Å²) in [5, 5.41) is 21.6. The van der Waals surface area contributed by atoms with Gasteiger partial charge in [-0.15, -0.1) is 0 Å². The number of halogens is 3. The Balaban J connectivity index is 1.72. The number of aromatic nitrogens is 2. The number of benzene rings is 3. The van der Waals surface area contributed by atoms with Crippen LogP contribution in [0.25, 0.3) is 16.9 Å². The summed E-state index contributed by atoms with van der Waals surface area (Å²) in [4.78, 5) is 23.1. The second-order valence-corrected chi connectivity index (χ2v) is 8.04. The average molecular weight is 503 g/mol. The highest BCUT2D eigenvalue weighted by atomic mass is 35.5. The first-order valence-electron chi connectivity index (χ1n) is 9.44. The van der Waals surface area contributed by atoms with E-state index in [-0.39, 0.29) is 21.4 Å². The molecule has 0 aliphatic heterocycles. The van der Waals surface area contributed by atoms with E-state index in [9.17, 15) is 14.9 Å². The predicted molar refractivity (Wildman–Crippen MR) is 130 cm³/mol. The summed E-state index contributed by atoms with van der Waals surface area (Å²) in [6.45, 7) is 0. The van der Waals surface area contributed by atoms with Crippen LogP contribution < -0.4 is 10.6 Å². The normalized spacial score (nSPS) is 10.6. The molecule has 0 aliphatic rings. The van der Waals surface area contributed by atoms with Crippen LogP contribution in [0.2, 0.25) is 15.1 Å². The smallest absolute Gasteiger partial charge is 0.307 e. The number of carbonyl (C=O) groups is 1. The van der Waals surface area contributed by atoms with Gasteiger partial charge in [-0.1, -0.05) is 71.2 Å². The van der Waals surface area contributed by atoms with Gasteiger partial charge in [-0.3, -0.25) is 10.1 Å². The van der Waals surface area contributed by atoms with Gasteiger partial charge in [0.1, 0.15) is 5.69 Å². The summed E-state index contributed by atoms with van der Waals surface area (Å²) in [7, 11) is 0. The van der Waals surface area contributed by atoms with Crippen LogP contribution in [0.3, 0.4) is 0 Å². The highest BCUT2D eigenvalue weighted by molar-refractivity contribution is 6.40. The number of nitro benzene ring substituents is 1. The molecule has 166 valence electrons. The van der Waals surface area contributed by atoms with Crippen LogP contribution >= 0.6 is 34.8 Å². The van der Waals surface area contributed by atoms with Crippen molar-refractivity contribution in [1.29, 1.82) is 0 Å². The number of nitro groups is 1. The predicted octanol–water partition coefficient (Wildman–Crippen LogP) is 7.05. The molecule has 2 N–H and O–H groups in total. The van der Waals surface area contributed by atoms with Crippen molar-refractivity contribution in [3.8, 4) is 16.9 Å². The van der Waals surface area contributed by atoms with E-state index in [1.165, 1.54) is 29.1 Å². The van der Waals surface area contributed by atoms with E-state index < -0.39 is 11.0 Å². The maximum absolute atomic E-state index is 12.7. The van der Waals surface area contributed by atoms with Gasteiger partial charge in [-0.2, -0.15) is 5.10 Å². The lowest BCUT2D eigenvalue weighted by molar-refractivity contribution is -0.384. The summed E-state index contributed by atoms with van der Waals surface area (Å²) < 4.78 is 1.51. The monoisotopic (exact) mass is 501 g/mol. The van der Waals surface area contributed by atoms with E-state index in [4.69, 9.17) is 34.8 Å². The van der Waals surface area contributed by atoms with Gasteiger partial charge in [-0.05, 0) is 18.2 Å². The Morgan fingerprint density at radius 1 is 0.939 bits per heavy atom. The topological polar surface area (TPSA) is 102 Å². The summed E-state index contributed by atoms with van der Waals surface area (Å²) in [6, 6.07) is 17.3. The zero-order valence-electron chi connectivity index (χ0n) is 16.6. The summed E-state index contributed by atoms with van der Waals surface area (Å²) in [5.41, 5.74) is 2.15. The minimum absolute atomic E-state index is 0.141. The number of hydrogen-bond acceptors (Lipinski definition) is 4. The van der Waals surface area contributed by atoms with Crippen LogP contribution in [0.4, 0.5) is 21.9 Å². The van der Waals surface area contributed by atoms with Crippen molar-refractivity contribution in [2.24, 2.45) is 0 Å². The Hall–Kier alpha value is -3.59. The molecule has 33 heavy (non-hydrogen) atoms. The van der Waals surface area contributed by atoms with E-state index >= 15 is 0 Å². The molecule has 1 aromatic heterocycles. The molecule has 0 atom stereocenters. The average Bonchev–Trinajstić information content (AvgIpc) is 3.16. The van der Waals surface area contributed by atoms with E-state index in [2.05, 4.69) is 15.7 Å². The van der Waals surface area contributed by atoms with E-state index in [1.54, 1.807) is 18.2 Å². The quantitative estimate of drug-likeness (QED) is 0.225. The molecule has 0 saturated heterocycles. The lowest BCUT2D eigenvalue weighted by Crippen LogP contribution is -2.19. The molecule has 4 aromatic rings. The van der Waals surface area contributed by atoms with Crippen LogP contribution in [0.1, 0.15) is 0 Å². The molecule has 8 nitrogen and oxygen atoms in total. The van der Waals surface area contributed by atoms with Crippen LogP contribution in [-0.2, 0) is 0 Å². The van der Waals surface area contributed by atoms with Crippen molar-refractivity contribution in [2.45, 2.75) is 0 Å². The number of urea groups is 1. The zero-order chi connectivity index (χ0) is 23.5. The number of nitrogens with one attached hydrogen (secondary N) is 2. The first-order valence-corrected chi connectivity index (χ1v) is 10.6. The van der Waals surface area contributed by atoms with Crippen molar-refractivity contribution < 1.29 is 9.72 Å². The first kappa shape index (κ1) is 22.6. The molecule has 11 heteroatoms. The van der Waals surface area contributed by atoms with Crippen molar-refractivity contribution in [3.05, 3.63) is 98.1 Å². The third-order valence-electron chi connectivity index (χ3n) is 4.57. The molecule has 0 aliphatic carbocycles. The third-order valence-corrected chi connectivity index (χ3v) is 5.37. The van der Waals surface area contributed by atoms with Crippen LogP contribution in [0.5, 0.6) is 0 Å². The number of rotatable bonds is 5. The molecule has 3 aromatic carbocycles. The molecular weight excluding hydrogens is 489 g/mol. The fraction of sp³-hybridized carbons (Fsp3) is 0. The fourth-order valence-electron chi connectivity index (χ4n) is 3.20. The molecule has 0 fully saturated rings. The number of carbonyl (C=O) groups excluding carboxylic acids is 1. The van der Waals surface area contributed by atoms with Gasteiger partial charge < -0.3 is 10.6 Å². The Kier molecular flexibility index (Phi) is 6.50. The van der Waals surface area contributed by atoms with E-state index in [0.29, 0.717) is 22.1 Å². The lowest BCUT2D eigenvalue weighted by Gasteiger charge is -2.14. The lowest BCUT2D eigenvalue weighted by atomic mass is 10.1. The van der Waals surface area contributed by atoms with Gasteiger partial charge in [0.05, 0.1) is 32.5 Å². The van der Waals surface area contributed by atoms with Crippen molar-refractivity contribution in [1.82, 2.24) is 9.78 Å². The van der Waals surface area contributed by atoms with Gasteiger partial charge in [0.15, 0.2) is 0 Å². The van der Waals surface area contributed by atoms with Crippen LogP contribution in [-0.4, -0.2) is 20.7 Å². The van der Waals surface area contributed by atoms with Crippen molar-refractivity contribution in [2.75, 3.05) is 10.6 Å². The van der Waals surface area contributed by atoms with E-state index in [0.717, 1.165) is 5.56 Å². The fourth-order valence-corrected chi connectivity index (χ4v) is 4.18. The zero-order valence-corrected chi connectivity index (χ0v) is 18.9. The van der Waals surface area contributed by atoms with Gasteiger partial charge in [0.25, 0.3) is 5.69 Å². The number of non-ortho nitro benzene ring substituents is 1. The second-order valence-electron chi connectivity index (χ2n) is 6.79. The van der Waals surface area contributed by atoms with Gasteiger partial charge >= 0.3 is 6.03 Å². The number of anilines is 2. The van der Waals surface area contributed by atoms with E-state index in [1.807, 2.05) is 30.3 Å². The maximum atomic E-state index is 12.7. The Labute approximate surface area is 202 Å². The van der Waals surface area contributed by atoms with Gasteiger partial charge in [-0.25, -0.2) is 9.48 Å². The molecule has 4 rings (SSSR count). The SMILES string of the molecule is O=C(Nc1cccc([N+](=O)[O-])c1)Nc1cnn(-c2c(Cl)cc(Cl)cc2Cl)c1-c1ccccc1. The molecule has 1 heterocycles. The van der Waals surface area contributed by atoms with Crippen molar-refractivity contribution >= 4 is 57.9 Å². The highest BCUT2D eigenvalue weighted by Gasteiger charge is 2.20. The Morgan fingerprint density at radius 2 is 1.64 bits per heavy atom. The summed E-state index contributed by atoms with van der Waals surface area (Å²) >= 11 is 18.9. The third kappa shape index (κ3) is 4.93. The molecule has 0 spiro atoms. The Morgan fingerprint density at radius 3 is 2.30 bits per heavy atom. The van der Waals surface area contributed by atoms with Crippen LogP contribution in [0.15, 0.2) is 72.9 Å². The van der Waals surface area contributed by atoms with Crippen molar-refractivity contribution in [3.63, 3.8) is 0 Å². The minimum Gasteiger partial charge on any atom is -0.307 e. The van der Waals surface area contributed by atoms with Gasteiger partial charge in [0.2, 0.25) is 0 Å². The standard InChI is InChI=1S/C22H14Cl3N5O3/c23-14-9-17(24)21(18(25)10-14)29-20(13-5-2-1-3-6-13)19(12-26-29)28-22(31)27-15-7-4-8-16(11-15)30(32)33/h1-12H,(H2,27,28,31).